The number of aliphatic carboxylic acids is 2. The molecule has 2 aliphatic rings. The molecule has 21 heteroatoms. The highest BCUT2D eigenvalue weighted by Gasteiger charge is 2.39. The van der Waals surface area contributed by atoms with Crippen LogP contribution in [0.1, 0.15) is 18.1 Å². The molecule has 1 fully saturated rings. The standard InChI is InChI=1S/C24H25ClN8O2.2C2HF3O2/c1-15(34)32-6-8-33(9-7-32)24(35)30-21-5-4-18-11-17(21)3-2-16-10-19(13-26-12-16)29-23-27-14-20(25)22(28-18)31-23;2*3-2(4,5)1(6)7/h4-5,10-14H,2-3,6-9H2,1H3,(H,30,35)(H2,27,28,29,31);2*(H,6,7). The Bertz CT molecular complexity index is 1660. The van der Waals surface area contributed by atoms with Gasteiger partial charge in [-0.05, 0) is 48.2 Å². The van der Waals surface area contributed by atoms with Crippen molar-refractivity contribution in [2.75, 3.05) is 42.1 Å². The predicted octanol–water partition coefficient (Wildman–Crippen LogP) is 5.07. The normalized spacial score (nSPS) is 14.0. The van der Waals surface area contributed by atoms with E-state index in [-0.39, 0.29) is 11.9 Å². The number of nitrogens with zero attached hydrogens (tertiary/aromatic N) is 5. The Morgan fingerprint density at radius 2 is 1.43 bits per heavy atom. The molecule has 0 spiro atoms. The molecule has 0 radical (unpaired) electrons. The van der Waals surface area contributed by atoms with E-state index in [1.165, 1.54) is 6.20 Å². The average Bonchev–Trinajstić information content (AvgIpc) is 3.02. The van der Waals surface area contributed by atoms with Crippen molar-refractivity contribution in [1.82, 2.24) is 24.8 Å². The zero-order valence-electron chi connectivity index (χ0n) is 25.2. The second-order valence-corrected chi connectivity index (χ2v) is 10.5. The fourth-order valence-corrected chi connectivity index (χ4v) is 4.31. The molecular formula is C28H27ClF6N8O6. The highest BCUT2D eigenvalue weighted by Crippen LogP contribution is 2.29. The van der Waals surface area contributed by atoms with Crippen LogP contribution in [0.15, 0.2) is 42.9 Å². The summed E-state index contributed by atoms with van der Waals surface area (Å²) in [6.45, 7) is 3.63. The van der Waals surface area contributed by atoms with E-state index >= 15 is 0 Å². The van der Waals surface area contributed by atoms with Crippen molar-refractivity contribution in [3.63, 3.8) is 0 Å². The topological polar surface area (TPSA) is 190 Å². The van der Waals surface area contributed by atoms with Gasteiger partial charge in [0.25, 0.3) is 0 Å². The number of aromatic nitrogens is 3. The molecule has 3 aromatic rings. The van der Waals surface area contributed by atoms with Gasteiger partial charge in [-0.15, -0.1) is 0 Å². The summed E-state index contributed by atoms with van der Waals surface area (Å²) in [7, 11) is 0. The lowest BCUT2D eigenvalue weighted by Crippen LogP contribution is -2.51. The molecule has 3 amide bonds. The number of piperazine rings is 1. The summed E-state index contributed by atoms with van der Waals surface area (Å²) in [6, 6.07) is 7.57. The van der Waals surface area contributed by atoms with Gasteiger partial charge in [-0.2, -0.15) is 31.3 Å². The number of urea groups is 1. The number of hydrogen-bond donors (Lipinski definition) is 5. The van der Waals surface area contributed by atoms with E-state index in [1.807, 2.05) is 30.5 Å². The first-order valence-corrected chi connectivity index (χ1v) is 14.3. The Labute approximate surface area is 278 Å². The number of carboxylic acid groups (broad SMARTS) is 2. The number of carbonyl (C=O) groups excluding carboxylic acids is 2. The fraction of sp³-hybridized carbons (Fsp3) is 0.321. The first-order chi connectivity index (χ1) is 22.8. The van der Waals surface area contributed by atoms with Gasteiger partial charge < -0.3 is 36.0 Å². The van der Waals surface area contributed by atoms with Crippen LogP contribution >= 0.6 is 11.6 Å². The molecule has 2 aromatic heterocycles. The van der Waals surface area contributed by atoms with Gasteiger partial charge in [-0.3, -0.25) is 9.78 Å². The quantitative estimate of drug-likeness (QED) is 0.211. The lowest BCUT2D eigenvalue weighted by molar-refractivity contribution is -0.193. The number of pyridine rings is 1. The van der Waals surface area contributed by atoms with E-state index in [1.54, 1.807) is 22.9 Å². The Morgan fingerprint density at radius 3 is 2.00 bits per heavy atom. The minimum Gasteiger partial charge on any atom is -0.475 e. The molecule has 2 aliphatic heterocycles. The molecule has 5 N–H and O–H groups in total. The van der Waals surface area contributed by atoms with Crippen molar-refractivity contribution in [1.29, 1.82) is 0 Å². The Balaban J connectivity index is 0.000000392. The number of aryl methyl sites for hydroxylation is 2. The minimum absolute atomic E-state index is 0.0315. The van der Waals surface area contributed by atoms with Crippen molar-refractivity contribution in [2.45, 2.75) is 32.1 Å². The number of amides is 3. The van der Waals surface area contributed by atoms with Crippen molar-refractivity contribution >= 4 is 64.3 Å². The van der Waals surface area contributed by atoms with Gasteiger partial charge in [0.2, 0.25) is 11.9 Å². The first-order valence-electron chi connectivity index (χ1n) is 13.9. The van der Waals surface area contributed by atoms with Gasteiger partial charge in [-0.1, -0.05) is 11.6 Å². The number of fused-ring (bicyclic) bond motifs is 6. The third kappa shape index (κ3) is 11.7. The second-order valence-electron chi connectivity index (χ2n) is 10.1. The van der Waals surface area contributed by atoms with E-state index in [2.05, 4.69) is 30.9 Å². The Morgan fingerprint density at radius 1 is 0.837 bits per heavy atom. The number of carbonyl (C=O) groups is 4. The van der Waals surface area contributed by atoms with Crippen LogP contribution in [0.25, 0.3) is 0 Å². The zero-order chi connectivity index (χ0) is 36.5. The molecule has 1 saturated heterocycles. The van der Waals surface area contributed by atoms with Crippen molar-refractivity contribution in [3.05, 3.63) is 59.0 Å². The molecule has 5 rings (SSSR count). The zero-order valence-corrected chi connectivity index (χ0v) is 25.9. The lowest BCUT2D eigenvalue weighted by Gasteiger charge is -2.34. The van der Waals surface area contributed by atoms with Crippen molar-refractivity contribution in [2.24, 2.45) is 0 Å². The van der Waals surface area contributed by atoms with Gasteiger partial charge >= 0.3 is 30.3 Å². The maximum absolute atomic E-state index is 13.0. The molecule has 264 valence electrons. The summed E-state index contributed by atoms with van der Waals surface area (Å²) in [5.74, 6) is -4.60. The van der Waals surface area contributed by atoms with Crippen LogP contribution in [-0.4, -0.2) is 97.4 Å². The van der Waals surface area contributed by atoms with Crippen LogP contribution in [0.3, 0.4) is 0 Å². The van der Waals surface area contributed by atoms with Gasteiger partial charge in [-0.25, -0.2) is 19.4 Å². The number of alkyl halides is 6. The summed E-state index contributed by atoms with van der Waals surface area (Å²) in [6.07, 6.45) is -3.67. The Kier molecular flexibility index (Phi) is 12.5. The third-order valence-electron chi connectivity index (χ3n) is 6.58. The van der Waals surface area contributed by atoms with Gasteiger partial charge in [0.1, 0.15) is 5.02 Å². The monoisotopic (exact) mass is 720 g/mol. The average molecular weight is 721 g/mol. The summed E-state index contributed by atoms with van der Waals surface area (Å²) in [5.41, 5.74) is 4.32. The maximum Gasteiger partial charge on any atom is 0.490 e. The number of halogens is 7. The molecular weight excluding hydrogens is 694 g/mol. The van der Waals surface area contributed by atoms with Crippen LogP contribution < -0.4 is 16.0 Å². The summed E-state index contributed by atoms with van der Waals surface area (Å²) >= 11 is 6.33. The summed E-state index contributed by atoms with van der Waals surface area (Å²) in [4.78, 5) is 58.9. The van der Waals surface area contributed by atoms with E-state index in [4.69, 9.17) is 31.4 Å². The molecule has 6 bridgehead atoms. The molecule has 0 saturated carbocycles. The number of benzene rings is 1. The fourth-order valence-electron chi connectivity index (χ4n) is 4.17. The second kappa shape index (κ2) is 16.1. The number of anilines is 5. The van der Waals surface area contributed by atoms with Gasteiger partial charge in [0.05, 0.1) is 18.1 Å². The Hall–Kier alpha value is -5.40. The third-order valence-corrected chi connectivity index (χ3v) is 6.86. The highest BCUT2D eigenvalue weighted by molar-refractivity contribution is 6.32. The first kappa shape index (κ1) is 38.1. The van der Waals surface area contributed by atoms with E-state index in [0.717, 1.165) is 34.6 Å². The van der Waals surface area contributed by atoms with Gasteiger partial charge in [0, 0.05) is 50.7 Å². The van der Waals surface area contributed by atoms with E-state index < -0.39 is 24.3 Å². The summed E-state index contributed by atoms with van der Waals surface area (Å²) < 4.78 is 63.5. The predicted molar refractivity (Wildman–Crippen MR) is 162 cm³/mol. The van der Waals surface area contributed by atoms with Crippen LogP contribution in [0.4, 0.5) is 60.0 Å². The van der Waals surface area contributed by atoms with Crippen molar-refractivity contribution in [3.8, 4) is 0 Å². The van der Waals surface area contributed by atoms with Crippen LogP contribution in [0.5, 0.6) is 0 Å². The largest absolute Gasteiger partial charge is 0.490 e. The molecule has 14 nitrogen and oxygen atoms in total. The molecule has 1 aromatic carbocycles. The van der Waals surface area contributed by atoms with Gasteiger partial charge in [0.15, 0.2) is 5.82 Å². The summed E-state index contributed by atoms with van der Waals surface area (Å²) in [5, 5.41) is 24.1. The van der Waals surface area contributed by atoms with Crippen LogP contribution in [0.2, 0.25) is 5.02 Å². The maximum atomic E-state index is 13.0. The smallest absolute Gasteiger partial charge is 0.475 e. The molecule has 0 unspecified atom stereocenters. The number of nitrogens with one attached hydrogen (secondary N) is 3. The van der Waals surface area contributed by atoms with E-state index in [9.17, 15) is 35.9 Å². The number of carboxylic acids is 2. The van der Waals surface area contributed by atoms with Crippen LogP contribution in [-0.2, 0) is 27.2 Å². The molecule has 0 atom stereocenters. The highest BCUT2D eigenvalue weighted by atomic mass is 35.5. The molecule has 4 heterocycles. The van der Waals surface area contributed by atoms with Crippen molar-refractivity contribution < 1.29 is 55.7 Å². The van der Waals surface area contributed by atoms with E-state index in [0.29, 0.717) is 49.4 Å². The number of rotatable bonds is 1. The van der Waals surface area contributed by atoms with Crippen LogP contribution in [0, 0.1) is 0 Å². The minimum atomic E-state index is -5.08. The number of hydrogen-bond acceptors (Lipinski definition) is 9. The molecule has 49 heavy (non-hydrogen) atoms. The molecule has 0 aliphatic carbocycles. The lowest BCUT2D eigenvalue weighted by atomic mass is 10.0. The SMILES string of the molecule is CC(=O)N1CCN(C(=O)Nc2ccc3cc2CCc2cncc(c2)Nc2ncc(Cl)c(n2)N3)CC1.O=C(O)C(F)(F)F.O=C(O)C(F)(F)F.